The van der Waals surface area contributed by atoms with Crippen molar-refractivity contribution in [2.24, 2.45) is 5.92 Å². The predicted molar refractivity (Wildman–Crippen MR) is 74.1 cm³/mol. The summed E-state index contributed by atoms with van der Waals surface area (Å²) in [5.41, 5.74) is 0. The number of rotatable bonds is 4. The molecule has 1 saturated carbocycles. The van der Waals surface area contributed by atoms with Crippen LogP contribution in [0.5, 0.6) is 0 Å². The molecule has 1 unspecified atom stereocenters. The van der Waals surface area contributed by atoms with Gasteiger partial charge in [0.1, 0.15) is 0 Å². The van der Waals surface area contributed by atoms with Crippen molar-refractivity contribution in [3.8, 4) is 0 Å². The Kier molecular flexibility index (Phi) is 3.39. The van der Waals surface area contributed by atoms with Crippen LogP contribution in [0.2, 0.25) is 0 Å². The minimum atomic E-state index is 0.0953. The summed E-state index contributed by atoms with van der Waals surface area (Å²) in [6, 6.07) is 4.79. The van der Waals surface area contributed by atoms with E-state index in [0.717, 1.165) is 17.5 Å². The Balaban J connectivity index is 1.45. The number of amides is 1. The molecule has 0 spiro atoms. The van der Waals surface area contributed by atoms with Gasteiger partial charge in [0, 0.05) is 24.0 Å². The van der Waals surface area contributed by atoms with Gasteiger partial charge in [0.15, 0.2) is 0 Å². The van der Waals surface area contributed by atoms with Gasteiger partial charge in [-0.1, -0.05) is 0 Å². The number of likely N-dealkylation sites (tertiary alicyclic amines) is 1. The van der Waals surface area contributed by atoms with Gasteiger partial charge in [-0.15, -0.1) is 11.3 Å². The van der Waals surface area contributed by atoms with Crippen molar-refractivity contribution in [1.82, 2.24) is 10.2 Å². The first kappa shape index (κ1) is 12.2. The van der Waals surface area contributed by atoms with Crippen LogP contribution in [0.15, 0.2) is 12.1 Å². The fraction of sp³-hybridized carbons (Fsp3) is 0.643. The summed E-state index contributed by atoms with van der Waals surface area (Å²) < 4.78 is 0. The fourth-order valence-electron chi connectivity index (χ4n) is 2.68. The molecule has 1 aliphatic carbocycles. The molecule has 1 amide bonds. The van der Waals surface area contributed by atoms with E-state index in [0.29, 0.717) is 5.92 Å². The highest BCUT2D eigenvalue weighted by atomic mass is 32.1. The lowest BCUT2D eigenvalue weighted by atomic mass is 10.1. The third-order valence-corrected chi connectivity index (χ3v) is 4.90. The second-order valence-corrected chi connectivity index (χ2v) is 6.79. The zero-order chi connectivity index (χ0) is 12.5. The number of aryl methyl sites for hydroxylation is 1. The van der Waals surface area contributed by atoms with Crippen LogP contribution in [-0.2, 0) is 0 Å². The predicted octanol–water partition coefficient (Wildman–Crippen LogP) is 2.27. The molecule has 0 bridgehead atoms. The van der Waals surface area contributed by atoms with Crippen LogP contribution in [0.3, 0.4) is 0 Å². The minimum Gasteiger partial charge on any atom is -0.351 e. The van der Waals surface area contributed by atoms with Gasteiger partial charge in [-0.05, 0) is 50.8 Å². The molecule has 18 heavy (non-hydrogen) atoms. The Morgan fingerprint density at radius 3 is 2.94 bits per heavy atom. The van der Waals surface area contributed by atoms with Gasteiger partial charge in [-0.2, -0.15) is 0 Å². The van der Waals surface area contributed by atoms with Crippen molar-refractivity contribution in [3.63, 3.8) is 0 Å². The molecule has 3 rings (SSSR count). The maximum atomic E-state index is 11.9. The lowest BCUT2D eigenvalue weighted by molar-refractivity contribution is 0.0951. The highest BCUT2D eigenvalue weighted by Gasteiger charge is 2.34. The third-order valence-electron chi connectivity index (χ3n) is 3.90. The largest absolute Gasteiger partial charge is 0.351 e. The summed E-state index contributed by atoms with van der Waals surface area (Å²) in [5.74, 6) is 0.744. The Hall–Kier alpha value is -0.870. The standard InChI is InChI=1S/C14H20N2OS/c1-10-2-5-13(18-10)14(17)15-8-11-6-7-16(9-11)12-3-4-12/h2,5,11-12H,3-4,6-9H2,1H3,(H,15,17). The van der Waals surface area contributed by atoms with Crippen molar-refractivity contribution in [3.05, 3.63) is 21.9 Å². The smallest absolute Gasteiger partial charge is 0.261 e. The van der Waals surface area contributed by atoms with E-state index in [4.69, 9.17) is 0 Å². The minimum absolute atomic E-state index is 0.0953. The summed E-state index contributed by atoms with van der Waals surface area (Å²) >= 11 is 1.57. The first-order valence-corrected chi connectivity index (χ1v) is 7.63. The Bertz CT molecular complexity index is 439. The second-order valence-electron chi connectivity index (χ2n) is 5.50. The van der Waals surface area contributed by atoms with Crippen molar-refractivity contribution in [2.45, 2.75) is 32.2 Å². The van der Waals surface area contributed by atoms with E-state index >= 15 is 0 Å². The molecule has 0 aromatic carbocycles. The van der Waals surface area contributed by atoms with E-state index in [-0.39, 0.29) is 5.91 Å². The topological polar surface area (TPSA) is 32.3 Å². The van der Waals surface area contributed by atoms with Gasteiger partial charge in [0.25, 0.3) is 5.91 Å². The zero-order valence-electron chi connectivity index (χ0n) is 10.8. The molecule has 98 valence electrons. The normalized spacial score (nSPS) is 24.4. The summed E-state index contributed by atoms with van der Waals surface area (Å²) in [6.07, 6.45) is 4.00. The van der Waals surface area contributed by atoms with Gasteiger partial charge >= 0.3 is 0 Å². The molecule has 0 radical (unpaired) electrons. The van der Waals surface area contributed by atoms with E-state index in [2.05, 4.69) is 10.2 Å². The number of carbonyl (C=O) groups excluding carboxylic acids is 1. The average molecular weight is 264 g/mol. The molecule has 2 fully saturated rings. The summed E-state index contributed by atoms with van der Waals surface area (Å²) in [6.45, 7) is 5.27. The molecule has 2 aliphatic rings. The number of hydrogen-bond acceptors (Lipinski definition) is 3. The number of nitrogens with zero attached hydrogens (tertiary/aromatic N) is 1. The molecular weight excluding hydrogens is 244 g/mol. The van der Waals surface area contributed by atoms with E-state index in [1.807, 2.05) is 19.1 Å². The Labute approximate surface area is 112 Å². The van der Waals surface area contributed by atoms with Crippen molar-refractivity contribution in [2.75, 3.05) is 19.6 Å². The fourth-order valence-corrected chi connectivity index (χ4v) is 3.47. The van der Waals surface area contributed by atoms with E-state index < -0.39 is 0 Å². The molecule has 1 atom stereocenters. The van der Waals surface area contributed by atoms with Gasteiger partial charge in [-0.25, -0.2) is 0 Å². The van der Waals surface area contributed by atoms with Crippen LogP contribution < -0.4 is 5.32 Å². The number of hydrogen-bond donors (Lipinski definition) is 1. The van der Waals surface area contributed by atoms with Crippen LogP contribution in [0.4, 0.5) is 0 Å². The number of carbonyl (C=O) groups is 1. The molecular formula is C14H20N2OS. The van der Waals surface area contributed by atoms with Gasteiger partial charge < -0.3 is 10.2 Å². The van der Waals surface area contributed by atoms with Gasteiger partial charge in [0.2, 0.25) is 0 Å². The second kappa shape index (κ2) is 5.02. The maximum absolute atomic E-state index is 11.9. The van der Waals surface area contributed by atoms with Crippen molar-refractivity contribution in [1.29, 1.82) is 0 Å². The molecule has 1 aromatic heterocycles. The number of nitrogens with one attached hydrogen (secondary N) is 1. The highest BCUT2D eigenvalue weighted by molar-refractivity contribution is 7.13. The average Bonchev–Trinajstić information content (AvgIpc) is 2.95. The number of thiophene rings is 1. The summed E-state index contributed by atoms with van der Waals surface area (Å²) in [5, 5.41) is 3.08. The molecule has 2 heterocycles. The zero-order valence-corrected chi connectivity index (χ0v) is 11.6. The van der Waals surface area contributed by atoms with Gasteiger partial charge in [0.05, 0.1) is 4.88 Å². The maximum Gasteiger partial charge on any atom is 0.261 e. The van der Waals surface area contributed by atoms with Crippen molar-refractivity contribution < 1.29 is 4.79 Å². The SMILES string of the molecule is Cc1ccc(C(=O)NCC2CCN(C3CC3)C2)s1. The van der Waals surface area contributed by atoms with Crippen LogP contribution in [0, 0.1) is 12.8 Å². The first-order valence-electron chi connectivity index (χ1n) is 6.81. The molecule has 1 aromatic rings. The van der Waals surface area contributed by atoms with Gasteiger partial charge in [-0.3, -0.25) is 4.79 Å². The molecule has 3 nitrogen and oxygen atoms in total. The third kappa shape index (κ3) is 2.75. The van der Waals surface area contributed by atoms with Crippen LogP contribution in [0.25, 0.3) is 0 Å². The quantitative estimate of drug-likeness (QED) is 0.905. The van der Waals surface area contributed by atoms with Crippen LogP contribution in [0.1, 0.15) is 33.8 Å². The van der Waals surface area contributed by atoms with Crippen molar-refractivity contribution >= 4 is 17.2 Å². The van der Waals surface area contributed by atoms with Crippen LogP contribution >= 0.6 is 11.3 Å². The van der Waals surface area contributed by atoms with E-state index in [1.54, 1.807) is 11.3 Å². The lowest BCUT2D eigenvalue weighted by Gasteiger charge is -2.14. The Morgan fingerprint density at radius 1 is 1.44 bits per heavy atom. The molecule has 1 N–H and O–H groups in total. The lowest BCUT2D eigenvalue weighted by Crippen LogP contribution is -2.31. The molecule has 4 heteroatoms. The summed E-state index contributed by atoms with van der Waals surface area (Å²) in [7, 11) is 0. The molecule has 1 aliphatic heterocycles. The highest BCUT2D eigenvalue weighted by Crippen LogP contribution is 2.31. The Morgan fingerprint density at radius 2 is 2.28 bits per heavy atom. The first-order chi connectivity index (χ1) is 8.72. The molecule has 1 saturated heterocycles. The summed E-state index contributed by atoms with van der Waals surface area (Å²) in [4.78, 5) is 16.6. The monoisotopic (exact) mass is 264 g/mol. The van der Waals surface area contributed by atoms with E-state index in [9.17, 15) is 4.79 Å². The van der Waals surface area contributed by atoms with Crippen LogP contribution in [-0.4, -0.2) is 36.5 Å². The van der Waals surface area contributed by atoms with E-state index in [1.165, 1.54) is 37.2 Å².